The van der Waals surface area contributed by atoms with E-state index in [9.17, 15) is 18.0 Å². The molecule has 7 heteroatoms. The molecule has 1 aromatic heterocycles. The molecule has 0 aliphatic heterocycles. The van der Waals surface area contributed by atoms with E-state index < -0.39 is 29.8 Å². The summed E-state index contributed by atoms with van der Waals surface area (Å²) in [5, 5.41) is 17.1. The number of carboxylic acids is 1. The van der Waals surface area contributed by atoms with E-state index in [0.29, 0.717) is 6.07 Å². The molecule has 4 nitrogen and oxygen atoms in total. The van der Waals surface area contributed by atoms with Crippen LogP contribution in [-0.2, 0) is 11.0 Å². The van der Waals surface area contributed by atoms with Crippen molar-refractivity contribution in [1.29, 1.82) is 0 Å². The van der Waals surface area contributed by atoms with E-state index in [1.54, 1.807) is 0 Å². The molecule has 1 aromatic rings. The molecule has 78 valence electrons. The quantitative estimate of drug-likeness (QED) is 0.774. The third-order valence-corrected chi connectivity index (χ3v) is 1.41. The zero-order valence-electron chi connectivity index (χ0n) is 6.58. The van der Waals surface area contributed by atoms with Gasteiger partial charge in [0.15, 0.2) is 0 Å². The minimum atomic E-state index is -4.68. The SMILES string of the molecule is O=C(O)C(O)c1ccc(C(F)(F)F)o1. The summed E-state index contributed by atoms with van der Waals surface area (Å²) < 4.78 is 39.9. The lowest BCUT2D eigenvalue weighted by molar-refractivity contribution is -0.157. The predicted molar refractivity (Wildman–Crippen MR) is 36.3 cm³/mol. The third-order valence-electron chi connectivity index (χ3n) is 1.41. The van der Waals surface area contributed by atoms with Gasteiger partial charge in [0, 0.05) is 0 Å². The van der Waals surface area contributed by atoms with Crippen molar-refractivity contribution in [3.05, 3.63) is 23.7 Å². The standard InChI is InChI=1S/C7H5F3O4/c8-7(9,10)4-2-1-3(14-4)5(11)6(12)13/h1-2,5,11H,(H,12,13). The number of rotatable bonds is 2. The maximum atomic E-state index is 11.9. The van der Waals surface area contributed by atoms with Gasteiger partial charge in [-0.2, -0.15) is 13.2 Å². The maximum Gasteiger partial charge on any atom is 0.449 e. The number of aliphatic carboxylic acids is 1. The van der Waals surface area contributed by atoms with Crippen LogP contribution in [0.3, 0.4) is 0 Å². The van der Waals surface area contributed by atoms with E-state index in [2.05, 4.69) is 4.42 Å². The van der Waals surface area contributed by atoms with Crippen molar-refractivity contribution in [2.45, 2.75) is 12.3 Å². The van der Waals surface area contributed by atoms with Gasteiger partial charge < -0.3 is 14.6 Å². The van der Waals surface area contributed by atoms with E-state index >= 15 is 0 Å². The first-order valence-electron chi connectivity index (χ1n) is 3.40. The fraction of sp³-hybridized carbons (Fsp3) is 0.286. The molecule has 0 fully saturated rings. The molecule has 0 amide bonds. The summed E-state index contributed by atoms with van der Waals surface area (Å²) in [6.07, 6.45) is -6.76. The second-order valence-electron chi connectivity index (χ2n) is 2.44. The van der Waals surface area contributed by atoms with Crippen LogP contribution in [-0.4, -0.2) is 16.2 Å². The van der Waals surface area contributed by atoms with Gasteiger partial charge in [-0.25, -0.2) is 4.79 Å². The zero-order valence-corrected chi connectivity index (χ0v) is 6.58. The van der Waals surface area contributed by atoms with Crippen LogP contribution >= 0.6 is 0 Å². The van der Waals surface area contributed by atoms with Gasteiger partial charge >= 0.3 is 12.1 Å². The topological polar surface area (TPSA) is 70.7 Å². The Bertz CT molecular complexity index is 341. The summed E-state index contributed by atoms with van der Waals surface area (Å²) in [6.45, 7) is 0. The number of aliphatic hydroxyl groups excluding tert-OH is 1. The van der Waals surface area contributed by atoms with Crippen molar-refractivity contribution in [2.75, 3.05) is 0 Å². The molecule has 0 aliphatic carbocycles. The van der Waals surface area contributed by atoms with E-state index in [-0.39, 0.29) is 0 Å². The van der Waals surface area contributed by atoms with Crippen molar-refractivity contribution in [3.8, 4) is 0 Å². The highest BCUT2D eigenvalue weighted by atomic mass is 19.4. The third kappa shape index (κ3) is 2.05. The summed E-state index contributed by atoms with van der Waals surface area (Å²) in [5.74, 6) is -3.66. The summed E-state index contributed by atoms with van der Waals surface area (Å²) in [7, 11) is 0. The molecular formula is C7H5F3O4. The van der Waals surface area contributed by atoms with Crippen LogP contribution < -0.4 is 0 Å². The number of hydrogen-bond donors (Lipinski definition) is 2. The van der Waals surface area contributed by atoms with Gasteiger partial charge in [-0.15, -0.1) is 0 Å². The minimum Gasteiger partial charge on any atom is -0.479 e. The van der Waals surface area contributed by atoms with Gasteiger partial charge in [0.05, 0.1) is 0 Å². The van der Waals surface area contributed by atoms with Gasteiger partial charge in [0.2, 0.25) is 11.9 Å². The summed E-state index contributed by atoms with van der Waals surface area (Å²) in [4.78, 5) is 10.2. The first-order chi connectivity index (χ1) is 6.32. The van der Waals surface area contributed by atoms with Crippen LogP contribution in [0.15, 0.2) is 16.5 Å². The van der Waals surface area contributed by atoms with Crippen molar-refractivity contribution < 1.29 is 32.6 Å². The number of furan rings is 1. The highest BCUT2D eigenvalue weighted by molar-refractivity contribution is 5.73. The molecule has 0 radical (unpaired) electrons. The van der Waals surface area contributed by atoms with Crippen molar-refractivity contribution in [1.82, 2.24) is 0 Å². The summed E-state index contributed by atoms with van der Waals surface area (Å²) in [6, 6.07) is 1.32. The van der Waals surface area contributed by atoms with E-state index in [0.717, 1.165) is 6.07 Å². The Balaban J connectivity index is 2.94. The largest absolute Gasteiger partial charge is 0.479 e. The fourth-order valence-corrected chi connectivity index (χ4v) is 0.774. The van der Waals surface area contributed by atoms with Crippen LogP contribution in [0, 0.1) is 0 Å². The first-order valence-corrected chi connectivity index (χ1v) is 3.40. The second-order valence-corrected chi connectivity index (χ2v) is 2.44. The molecule has 0 saturated carbocycles. The van der Waals surface area contributed by atoms with Crippen LogP contribution in [0.1, 0.15) is 17.6 Å². The van der Waals surface area contributed by atoms with Gasteiger partial charge in [-0.05, 0) is 12.1 Å². The lowest BCUT2D eigenvalue weighted by Crippen LogP contribution is -2.09. The zero-order chi connectivity index (χ0) is 10.9. The Morgan fingerprint density at radius 3 is 2.36 bits per heavy atom. The number of aliphatic hydroxyl groups is 1. The number of halogens is 3. The minimum absolute atomic E-state index is 0.557. The van der Waals surface area contributed by atoms with Gasteiger partial charge in [-0.3, -0.25) is 0 Å². The van der Waals surface area contributed by atoms with Crippen molar-refractivity contribution in [2.24, 2.45) is 0 Å². The Kier molecular flexibility index (Phi) is 2.52. The fourth-order valence-electron chi connectivity index (χ4n) is 0.774. The van der Waals surface area contributed by atoms with Crippen LogP contribution in [0.2, 0.25) is 0 Å². The van der Waals surface area contributed by atoms with Crippen LogP contribution in [0.4, 0.5) is 13.2 Å². The van der Waals surface area contributed by atoms with Gasteiger partial charge in [0.1, 0.15) is 5.76 Å². The predicted octanol–water partition coefficient (Wildman–Crippen LogP) is 1.42. The molecule has 0 bridgehead atoms. The highest BCUT2D eigenvalue weighted by Crippen LogP contribution is 2.31. The summed E-state index contributed by atoms with van der Waals surface area (Å²) in [5.41, 5.74) is 0. The molecule has 0 aromatic carbocycles. The summed E-state index contributed by atoms with van der Waals surface area (Å²) >= 11 is 0. The Morgan fingerprint density at radius 1 is 1.43 bits per heavy atom. The van der Waals surface area contributed by atoms with E-state index in [1.807, 2.05) is 0 Å². The lowest BCUT2D eigenvalue weighted by atomic mass is 10.3. The highest BCUT2D eigenvalue weighted by Gasteiger charge is 2.36. The molecule has 0 saturated heterocycles. The molecule has 1 atom stereocenters. The number of alkyl halides is 3. The normalized spacial score (nSPS) is 14.0. The molecule has 0 spiro atoms. The first kappa shape index (κ1) is 10.6. The molecule has 0 aliphatic rings. The number of hydrogen-bond acceptors (Lipinski definition) is 3. The Hall–Kier alpha value is -1.50. The number of carbonyl (C=O) groups is 1. The van der Waals surface area contributed by atoms with Crippen molar-refractivity contribution in [3.63, 3.8) is 0 Å². The molecule has 1 rings (SSSR count). The molecule has 1 heterocycles. The van der Waals surface area contributed by atoms with Crippen LogP contribution in [0.5, 0.6) is 0 Å². The monoisotopic (exact) mass is 210 g/mol. The molecular weight excluding hydrogens is 205 g/mol. The maximum absolute atomic E-state index is 11.9. The van der Waals surface area contributed by atoms with Crippen molar-refractivity contribution >= 4 is 5.97 Å². The average Bonchev–Trinajstić information content (AvgIpc) is 2.49. The average molecular weight is 210 g/mol. The Labute approximate surface area is 75.6 Å². The van der Waals surface area contributed by atoms with Gasteiger partial charge in [-0.1, -0.05) is 0 Å². The Morgan fingerprint density at radius 2 is 2.00 bits per heavy atom. The molecule has 2 N–H and O–H groups in total. The smallest absolute Gasteiger partial charge is 0.449 e. The van der Waals surface area contributed by atoms with E-state index in [4.69, 9.17) is 10.2 Å². The molecule has 14 heavy (non-hydrogen) atoms. The number of carboxylic acid groups (broad SMARTS) is 1. The molecule has 1 unspecified atom stereocenters. The van der Waals surface area contributed by atoms with Crippen LogP contribution in [0.25, 0.3) is 0 Å². The van der Waals surface area contributed by atoms with E-state index in [1.165, 1.54) is 0 Å². The second kappa shape index (κ2) is 3.33. The van der Waals surface area contributed by atoms with Gasteiger partial charge in [0.25, 0.3) is 0 Å². The lowest BCUT2D eigenvalue weighted by Gasteiger charge is -2.02.